The van der Waals surface area contributed by atoms with E-state index in [1.807, 2.05) is 49.4 Å². The molecule has 29 heavy (non-hydrogen) atoms. The highest BCUT2D eigenvalue weighted by atomic mass is 16.3. The monoisotopic (exact) mass is 387 g/mol. The van der Waals surface area contributed by atoms with Crippen molar-refractivity contribution in [1.82, 2.24) is 10.7 Å². The third-order valence-corrected chi connectivity index (χ3v) is 4.06. The van der Waals surface area contributed by atoms with E-state index in [1.165, 1.54) is 0 Å². The van der Waals surface area contributed by atoms with Crippen LogP contribution in [0.25, 0.3) is 6.08 Å². The Morgan fingerprint density at radius 3 is 2.21 bits per heavy atom. The first kappa shape index (κ1) is 19.8. The molecule has 0 spiro atoms. The number of hydrogen-bond donors (Lipinski definition) is 2. The van der Waals surface area contributed by atoms with Gasteiger partial charge >= 0.3 is 0 Å². The molecule has 0 bridgehead atoms. The van der Waals surface area contributed by atoms with Gasteiger partial charge in [0.1, 0.15) is 22.9 Å². The summed E-state index contributed by atoms with van der Waals surface area (Å²) in [5, 5.41) is 6.75. The first-order chi connectivity index (χ1) is 14.0. The lowest BCUT2D eigenvalue weighted by molar-refractivity contribution is -0.117. The van der Waals surface area contributed by atoms with Crippen molar-refractivity contribution < 1.29 is 14.0 Å². The summed E-state index contributed by atoms with van der Waals surface area (Å²) in [6, 6.07) is 21.5. The lowest BCUT2D eigenvalue weighted by atomic mass is 10.1. The smallest absolute Gasteiger partial charge is 0.287 e. The Balaban J connectivity index is 1.81. The van der Waals surface area contributed by atoms with Crippen molar-refractivity contribution in [3.05, 3.63) is 101 Å². The van der Waals surface area contributed by atoms with Crippen molar-refractivity contribution in [3.63, 3.8) is 0 Å². The van der Waals surface area contributed by atoms with Crippen LogP contribution in [0.2, 0.25) is 0 Å². The van der Waals surface area contributed by atoms with Crippen molar-refractivity contribution in [2.75, 3.05) is 0 Å². The van der Waals surface area contributed by atoms with Crippen molar-refractivity contribution >= 4 is 23.6 Å². The van der Waals surface area contributed by atoms with E-state index < -0.39 is 5.91 Å². The van der Waals surface area contributed by atoms with Gasteiger partial charge in [0, 0.05) is 5.56 Å². The molecule has 0 fully saturated rings. The second kappa shape index (κ2) is 9.32. The minimum absolute atomic E-state index is 0.0808. The summed E-state index contributed by atoms with van der Waals surface area (Å²) < 4.78 is 5.49. The van der Waals surface area contributed by atoms with E-state index in [1.54, 1.807) is 43.3 Å². The summed E-state index contributed by atoms with van der Waals surface area (Å²) in [6.07, 6.45) is 1.60. The predicted octanol–water partition coefficient (Wildman–Crippen LogP) is 3.90. The number of carbonyl (C=O) groups excluding carboxylic acids is 2. The van der Waals surface area contributed by atoms with Gasteiger partial charge in [0.2, 0.25) is 0 Å². The Bertz CT molecular complexity index is 1050. The van der Waals surface area contributed by atoms with Crippen LogP contribution in [0, 0.1) is 6.92 Å². The van der Waals surface area contributed by atoms with Crippen LogP contribution in [-0.2, 0) is 4.79 Å². The Morgan fingerprint density at radius 2 is 1.59 bits per heavy atom. The number of nitrogens with zero attached hydrogens (tertiary/aromatic N) is 1. The molecule has 2 aromatic carbocycles. The zero-order chi connectivity index (χ0) is 20.6. The van der Waals surface area contributed by atoms with Crippen LogP contribution in [0.3, 0.4) is 0 Å². The summed E-state index contributed by atoms with van der Waals surface area (Å²) in [6.45, 7) is 3.55. The SMILES string of the molecule is C/C(=N/NC(=O)/C(=C/c1ccccc1)NC(=O)c1ccccc1)c1ccc(C)o1. The van der Waals surface area contributed by atoms with Gasteiger partial charge in [0.25, 0.3) is 11.8 Å². The van der Waals surface area contributed by atoms with Crippen molar-refractivity contribution in [3.8, 4) is 0 Å². The molecule has 0 aliphatic carbocycles. The van der Waals surface area contributed by atoms with Crippen LogP contribution in [0.15, 0.2) is 88.0 Å². The molecular weight excluding hydrogens is 366 g/mol. The molecule has 0 aliphatic rings. The van der Waals surface area contributed by atoms with Crippen LogP contribution in [0.1, 0.15) is 34.4 Å². The van der Waals surface area contributed by atoms with E-state index in [4.69, 9.17) is 4.42 Å². The average molecular weight is 387 g/mol. The zero-order valence-electron chi connectivity index (χ0n) is 16.2. The fourth-order valence-electron chi connectivity index (χ4n) is 2.54. The van der Waals surface area contributed by atoms with E-state index in [-0.39, 0.29) is 11.6 Å². The molecule has 146 valence electrons. The Hall–Kier alpha value is -3.93. The van der Waals surface area contributed by atoms with Crippen molar-refractivity contribution in [1.29, 1.82) is 0 Å². The lowest BCUT2D eigenvalue weighted by Gasteiger charge is -2.09. The third kappa shape index (κ3) is 5.52. The second-order valence-electron chi connectivity index (χ2n) is 6.34. The normalized spacial score (nSPS) is 11.8. The zero-order valence-corrected chi connectivity index (χ0v) is 16.2. The average Bonchev–Trinajstić information content (AvgIpc) is 3.19. The molecule has 6 heteroatoms. The van der Waals surface area contributed by atoms with Crippen LogP contribution in [-0.4, -0.2) is 17.5 Å². The topological polar surface area (TPSA) is 83.7 Å². The van der Waals surface area contributed by atoms with Gasteiger partial charge in [-0.05, 0) is 49.8 Å². The molecule has 3 rings (SSSR count). The standard InChI is InChI=1S/C23H21N3O3/c1-16-13-14-21(29-16)17(2)25-26-23(28)20(15-18-9-5-3-6-10-18)24-22(27)19-11-7-4-8-12-19/h3-15H,1-2H3,(H,24,27)(H,26,28)/b20-15-,25-17-. The molecule has 0 saturated carbocycles. The molecule has 0 unspecified atom stereocenters. The lowest BCUT2D eigenvalue weighted by Crippen LogP contribution is -2.33. The van der Waals surface area contributed by atoms with Gasteiger partial charge in [-0.2, -0.15) is 5.10 Å². The summed E-state index contributed by atoms with van der Waals surface area (Å²) in [5.74, 6) is 0.386. The first-order valence-electron chi connectivity index (χ1n) is 9.07. The minimum atomic E-state index is -0.541. The summed E-state index contributed by atoms with van der Waals surface area (Å²) in [4.78, 5) is 25.3. The number of nitrogens with one attached hydrogen (secondary N) is 2. The van der Waals surface area contributed by atoms with Crippen LogP contribution < -0.4 is 10.7 Å². The van der Waals surface area contributed by atoms with Gasteiger partial charge in [0.05, 0.1) is 0 Å². The number of furan rings is 1. The number of hydrazone groups is 1. The molecule has 2 amide bonds. The van der Waals surface area contributed by atoms with E-state index in [0.29, 0.717) is 17.0 Å². The van der Waals surface area contributed by atoms with Gasteiger partial charge in [0.15, 0.2) is 0 Å². The molecule has 2 N–H and O–H groups in total. The summed E-state index contributed by atoms with van der Waals surface area (Å²) in [5.41, 5.74) is 4.29. The molecule has 3 aromatic rings. The highest BCUT2D eigenvalue weighted by Gasteiger charge is 2.15. The van der Waals surface area contributed by atoms with E-state index >= 15 is 0 Å². The maximum atomic E-state index is 12.7. The molecule has 1 heterocycles. The Kier molecular flexibility index (Phi) is 6.37. The largest absolute Gasteiger partial charge is 0.460 e. The summed E-state index contributed by atoms with van der Waals surface area (Å²) >= 11 is 0. The van der Waals surface area contributed by atoms with Crippen LogP contribution in [0.5, 0.6) is 0 Å². The second-order valence-corrected chi connectivity index (χ2v) is 6.34. The van der Waals surface area contributed by atoms with Gasteiger partial charge in [-0.1, -0.05) is 48.5 Å². The number of amides is 2. The highest BCUT2D eigenvalue weighted by Crippen LogP contribution is 2.09. The Labute approximate surface area is 168 Å². The fourth-order valence-corrected chi connectivity index (χ4v) is 2.54. The number of rotatable bonds is 6. The molecular formula is C23H21N3O3. The molecule has 0 aliphatic heterocycles. The van der Waals surface area contributed by atoms with Crippen LogP contribution in [0.4, 0.5) is 0 Å². The quantitative estimate of drug-likeness (QED) is 0.382. The highest BCUT2D eigenvalue weighted by molar-refractivity contribution is 6.06. The number of aryl methyl sites for hydroxylation is 1. The van der Waals surface area contributed by atoms with E-state index in [0.717, 1.165) is 11.3 Å². The van der Waals surface area contributed by atoms with Gasteiger partial charge in [-0.3, -0.25) is 9.59 Å². The third-order valence-electron chi connectivity index (χ3n) is 4.06. The Morgan fingerprint density at radius 1 is 0.931 bits per heavy atom. The number of benzene rings is 2. The fraction of sp³-hybridized carbons (Fsp3) is 0.0870. The minimum Gasteiger partial charge on any atom is -0.460 e. The first-order valence-corrected chi connectivity index (χ1v) is 9.07. The molecule has 1 aromatic heterocycles. The van der Waals surface area contributed by atoms with Gasteiger partial charge in [-0.25, -0.2) is 5.43 Å². The number of hydrogen-bond acceptors (Lipinski definition) is 4. The van der Waals surface area contributed by atoms with Crippen molar-refractivity contribution in [2.45, 2.75) is 13.8 Å². The molecule has 0 radical (unpaired) electrons. The van der Waals surface area contributed by atoms with E-state index in [2.05, 4.69) is 15.8 Å². The molecule has 0 saturated heterocycles. The molecule has 0 atom stereocenters. The van der Waals surface area contributed by atoms with Crippen LogP contribution >= 0.6 is 0 Å². The van der Waals surface area contributed by atoms with Gasteiger partial charge in [-0.15, -0.1) is 0 Å². The maximum absolute atomic E-state index is 12.7. The van der Waals surface area contributed by atoms with E-state index in [9.17, 15) is 9.59 Å². The predicted molar refractivity (Wildman–Crippen MR) is 112 cm³/mol. The number of carbonyl (C=O) groups is 2. The van der Waals surface area contributed by atoms with Gasteiger partial charge < -0.3 is 9.73 Å². The summed E-state index contributed by atoms with van der Waals surface area (Å²) in [7, 11) is 0. The molecule has 6 nitrogen and oxygen atoms in total. The van der Waals surface area contributed by atoms with Crippen molar-refractivity contribution in [2.24, 2.45) is 5.10 Å². The maximum Gasteiger partial charge on any atom is 0.287 e.